The molecular formula is C16H26O2Si. The van der Waals surface area contributed by atoms with E-state index in [0.717, 1.165) is 5.56 Å². The molecule has 1 atom stereocenters. The van der Waals surface area contributed by atoms with E-state index in [1.807, 2.05) is 37.3 Å². The molecule has 0 unspecified atom stereocenters. The molecule has 1 aromatic rings. The Bertz CT molecular complexity index is 418. The molecular weight excluding hydrogens is 252 g/mol. The first-order chi connectivity index (χ1) is 8.65. The summed E-state index contributed by atoms with van der Waals surface area (Å²) in [6, 6.07) is 9.45. The summed E-state index contributed by atoms with van der Waals surface area (Å²) >= 11 is 0. The van der Waals surface area contributed by atoms with E-state index >= 15 is 0 Å². The maximum Gasteiger partial charge on any atom is 0.192 e. The molecule has 0 N–H and O–H groups in total. The van der Waals surface area contributed by atoms with Crippen molar-refractivity contribution in [3.8, 4) is 0 Å². The number of hydrogen-bond donors (Lipinski definition) is 0. The highest BCUT2D eigenvalue weighted by Gasteiger charge is 2.37. The summed E-state index contributed by atoms with van der Waals surface area (Å²) in [5.41, 5.74) is 0.772. The number of ketones is 1. The molecule has 2 nitrogen and oxygen atoms in total. The van der Waals surface area contributed by atoms with Gasteiger partial charge in [-0.25, -0.2) is 0 Å². The molecule has 0 aliphatic carbocycles. The second-order valence-electron chi connectivity index (χ2n) is 6.70. The number of rotatable bonds is 5. The highest BCUT2D eigenvalue weighted by molar-refractivity contribution is 6.74. The van der Waals surface area contributed by atoms with Crippen molar-refractivity contribution in [2.45, 2.75) is 45.8 Å². The van der Waals surface area contributed by atoms with Crippen LogP contribution in [0.25, 0.3) is 0 Å². The highest BCUT2D eigenvalue weighted by Crippen LogP contribution is 2.36. The molecule has 0 aliphatic rings. The van der Waals surface area contributed by atoms with E-state index in [4.69, 9.17) is 4.43 Å². The van der Waals surface area contributed by atoms with Crippen molar-refractivity contribution in [2.75, 3.05) is 6.61 Å². The lowest BCUT2D eigenvalue weighted by atomic mass is 10.0. The van der Waals surface area contributed by atoms with Crippen LogP contribution in [0.3, 0.4) is 0 Å². The zero-order valence-corrected chi connectivity index (χ0v) is 14.0. The van der Waals surface area contributed by atoms with Crippen LogP contribution >= 0.6 is 0 Å². The van der Waals surface area contributed by atoms with Crippen molar-refractivity contribution in [2.24, 2.45) is 5.92 Å². The van der Waals surface area contributed by atoms with Crippen LogP contribution in [0, 0.1) is 5.92 Å². The van der Waals surface area contributed by atoms with Gasteiger partial charge < -0.3 is 4.43 Å². The lowest BCUT2D eigenvalue weighted by Crippen LogP contribution is -2.42. The van der Waals surface area contributed by atoms with E-state index < -0.39 is 8.32 Å². The van der Waals surface area contributed by atoms with Crippen LogP contribution in [0.15, 0.2) is 30.3 Å². The van der Waals surface area contributed by atoms with Crippen LogP contribution in [0.5, 0.6) is 0 Å². The molecule has 1 rings (SSSR count). The van der Waals surface area contributed by atoms with Gasteiger partial charge in [-0.1, -0.05) is 58.0 Å². The quantitative estimate of drug-likeness (QED) is 0.584. The van der Waals surface area contributed by atoms with Gasteiger partial charge in [-0.3, -0.25) is 4.79 Å². The summed E-state index contributed by atoms with van der Waals surface area (Å²) in [5, 5.41) is 0.183. The standard InChI is InChI=1S/C16H26O2Si/c1-13(12-18-19(5,6)16(2,3)4)15(17)14-10-8-7-9-11-14/h7-11,13H,12H2,1-6H3/t13-/m1/s1. The Morgan fingerprint density at radius 3 is 2.21 bits per heavy atom. The van der Waals surface area contributed by atoms with Crippen LogP contribution in [0.2, 0.25) is 18.1 Å². The molecule has 0 heterocycles. The molecule has 0 saturated heterocycles. The van der Waals surface area contributed by atoms with Crippen molar-refractivity contribution < 1.29 is 9.22 Å². The summed E-state index contributed by atoms with van der Waals surface area (Å²) in [6.45, 7) is 13.5. The lowest BCUT2D eigenvalue weighted by molar-refractivity contribution is 0.0882. The molecule has 0 aromatic heterocycles. The molecule has 106 valence electrons. The van der Waals surface area contributed by atoms with E-state index in [-0.39, 0.29) is 16.7 Å². The first-order valence-electron chi connectivity index (χ1n) is 6.88. The Morgan fingerprint density at radius 2 is 1.74 bits per heavy atom. The summed E-state index contributed by atoms with van der Waals surface area (Å²) in [4.78, 5) is 12.2. The zero-order chi connectivity index (χ0) is 14.7. The van der Waals surface area contributed by atoms with Gasteiger partial charge in [-0.15, -0.1) is 0 Å². The molecule has 1 aromatic carbocycles. The molecule has 19 heavy (non-hydrogen) atoms. The topological polar surface area (TPSA) is 26.3 Å². The van der Waals surface area contributed by atoms with Crippen LogP contribution in [0.1, 0.15) is 38.1 Å². The molecule has 0 amide bonds. The second kappa shape index (κ2) is 6.01. The van der Waals surface area contributed by atoms with Gasteiger partial charge >= 0.3 is 0 Å². The minimum Gasteiger partial charge on any atom is -0.416 e. The molecule has 0 spiro atoms. The summed E-state index contributed by atoms with van der Waals surface area (Å²) < 4.78 is 6.12. The van der Waals surface area contributed by atoms with Gasteiger partial charge in [0.15, 0.2) is 14.1 Å². The van der Waals surface area contributed by atoms with Crippen molar-refractivity contribution >= 4 is 14.1 Å². The van der Waals surface area contributed by atoms with E-state index in [1.54, 1.807) is 0 Å². The second-order valence-corrected chi connectivity index (χ2v) is 11.5. The third kappa shape index (κ3) is 4.29. The number of Topliss-reactive ketones (excluding diaryl/α,β-unsaturated/α-hetero) is 1. The third-order valence-electron chi connectivity index (χ3n) is 4.01. The number of carbonyl (C=O) groups excluding carboxylic acids is 1. The van der Waals surface area contributed by atoms with Gasteiger partial charge in [0.2, 0.25) is 0 Å². The molecule has 3 heteroatoms. The first kappa shape index (κ1) is 16.1. The summed E-state index contributed by atoms with van der Waals surface area (Å²) in [6.07, 6.45) is 0. The molecule has 0 bridgehead atoms. The summed E-state index contributed by atoms with van der Waals surface area (Å²) in [7, 11) is -1.77. The highest BCUT2D eigenvalue weighted by atomic mass is 28.4. The van der Waals surface area contributed by atoms with E-state index in [9.17, 15) is 4.79 Å². The lowest BCUT2D eigenvalue weighted by Gasteiger charge is -2.36. The maximum absolute atomic E-state index is 12.2. The minimum atomic E-state index is -1.77. The van der Waals surface area contributed by atoms with Gasteiger partial charge in [-0.05, 0) is 18.1 Å². The van der Waals surface area contributed by atoms with Gasteiger partial charge in [0.05, 0.1) is 0 Å². The SMILES string of the molecule is C[C@H](CO[Si](C)(C)C(C)(C)C)C(=O)c1ccccc1. The van der Waals surface area contributed by atoms with Crippen molar-refractivity contribution in [1.29, 1.82) is 0 Å². The predicted molar refractivity (Wildman–Crippen MR) is 83.1 cm³/mol. The van der Waals surface area contributed by atoms with Gasteiger partial charge in [0.25, 0.3) is 0 Å². The van der Waals surface area contributed by atoms with E-state index in [0.29, 0.717) is 6.61 Å². The van der Waals surface area contributed by atoms with Crippen molar-refractivity contribution in [1.82, 2.24) is 0 Å². The third-order valence-corrected chi connectivity index (χ3v) is 8.51. The minimum absolute atomic E-state index is 0.0866. The maximum atomic E-state index is 12.2. The monoisotopic (exact) mass is 278 g/mol. The fourth-order valence-electron chi connectivity index (χ4n) is 1.51. The largest absolute Gasteiger partial charge is 0.416 e. The number of hydrogen-bond acceptors (Lipinski definition) is 2. The van der Waals surface area contributed by atoms with Crippen molar-refractivity contribution in [3.05, 3.63) is 35.9 Å². The molecule has 0 radical (unpaired) electrons. The van der Waals surface area contributed by atoms with Crippen LogP contribution in [0.4, 0.5) is 0 Å². The fourth-order valence-corrected chi connectivity index (χ4v) is 2.61. The Balaban J connectivity index is 2.62. The Hall–Kier alpha value is -0.933. The number of benzene rings is 1. The Kier molecular flexibility index (Phi) is 5.10. The molecule has 0 fully saturated rings. The van der Waals surface area contributed by atoms with Crippen LogP contribution in [-0.2, 0) is 4.43 Å². The Morgan fingerprint density at radius 1 is 1.21 bits per heavy atom. The number of carbonyl (C=O) groups is 1. The van der Waals surface area contributed by atoms with Crippen LogP contribution < -0.4 is 0 Å². The average molecular weight is 278 g/mol. The first-order valence-corrected chi connectivity index (χ1v) is 9.79. The normalized spacial score (nSPS) is 14.2. The van der Waals surface area contributed by atoms with Crippen LogP contribution in [-0.4, -0.2) is 20.7 Å². The zero-order valence-electron chi connectivity index (χ0n) is 13.0. The predicted octanol–water partition coefficient (Wildman–Crippen LogP) is 4.53. The van der Waals surface area contributed by atoms with Gasteiger partial charge in [0.1, 0.15) is 0 Å². The summed E-state index contributed by atoms with van der Waals surface area (Å²) in [5.74, 6) is 0.0795. The molecule has 0 aliphatic heterocycles. The van der Waals surface area contributed by atoms with Gasteiger partial charge in [0, 0.05) is 18.1 Å². The smallest absolute Gasteiger partial charge is 0.192 e. The van der Waals surface area contributed by atoms with Crippen molar-refractivity contribution in [3.63, 3.8) is 0 Å². The Labute approximate surface area is 118 Å². The fraction of sp³-hybridized carbons (Fsp3) is 0.562. The van der Waals surface area contributed by atoms with E-state index in [2.05, 4.69) is 33.9 Å². The van der Waals surface area contributed by atoms with Gasteiger partial charge in [-0.2, -0.15) is 0 Å². The average Bonchev–Trinajstić information content (AvgIpc) is 2.35. The molecule has 0 saturated carbocycles. The van der Waals surface area contributed by atoms with E-state index in [1.165, 1.54) is 0 Å².